The van der Waals surface area contributed by atoms with Gasteiger partial charge < -0.3 is 10.0 Å². The zero-order valence-corrected chi connectivity index (χ0v) is 12.9. The van der Waals surface area contributed by atoms with Gasteiger partial charge in [0, 0.05) is 18.1 Å². The Hall–Kier alpha value is -1.22. The number of carbonyl (C=O) groups is 1. The third kappa shape index (κ3) is 3.26. The molecule has 1 aliphatic carbocycles. The monoisotopic (exact) mass is 295 g/mol. The molecule has 0 bridgehead atoms. The molecule has 4 heteroatoms. The number of hydrogen-bond donors (Lipinski definition) is 1. The molecule has 0 spiro atoms. The lowest BCUT2D eigenvalue weighted by atomic mass is 9.84. The molecule has 1 aromatic rings. The summed E-state index contributed by atoms with van der Waals surface area (Å²) in [6, 6.07) is 5.54. The molecule has 2 rings (SSSR count). The number of halogens is 1. The molecule has 0 aromatic heterocycles. The summed E-state index contributed by atoms with van der Waals surface area (Å²) in [4.78, 5) is 13.5. The second-order valence-corrected chi connectivity index (χ2v) is 6.10. The Morgan fingerprint density at radius 2 is 2.00 bits per heavy atom. The number of carboxylic acids is 1. The van der Waals surface area contributed by atoms with Crippen LogP contribution in [0.2, 0.25) is 5.02 Å². The van der Waals surface area contributed by atoms with Crippen LogP contribution in [0.15, 0.2) is 18.2 Å². The highest BCUT2D eigenvalue weighted by atomic mass is 35.5. The number of aromatic carboxylic acids is 1. The van der Waals surface area contributed by atoms with Gasteiger partial charge in [0.15, 0.2) is 0 Å². The van der Waals surface area contributed by atoms with Gasteiger partial charge in [0.05, 0.1) is 11.3 Å². The molecule has 3 nitrogen and oxygen atoms in total. The second-order valence-electron chi connectivity index (χ2n) is 5.66. The normalized spacial score (nSPS) is 22.6. The third-order valence-electron chi connectivity index (χ3n) is 4.51. The van der Waals surface area contributed by atoms with Gasteiger partial charge in [-0.2, -0.15) is 0 Å². The number of anilines is 1. The van der Waals surface area contributed by atoms with Crippen LogP contribution in [0, 0.1) is 5.92 Å². The minimum atomic E-state index is -0.920. The van der Waals surface area contributed by atoms with Gasteiger partial charge in [-0.1, -0.05) is 24.9 Å². The van der Waals surface area contributed by atoms with Crippen LogP contribution in [0.1, 0.15) is 49.4 Å². The molecule has 0 unspecified atom stereocenters. The molecule has 1 aliphatic rings. The molecule has 110 valence electrons. The number of hydrogen-bond acceptors (Lipinski definition) is 2. The third-order valence-corrected chi connectivity index (χ3v) is 4.75. The quantitative estimate of drug-likeness (QED) is 0.892. The standard InChI is InChI=1S/C16H22ClNO2/c1-3-11-4-7-13(8-5-11)18(2)15-9-6-12(17)10-14(15)16(19)20/h6,9-11,13H,3-5,7-8H2,1-2H3,(H,19,20). The molecular weight excluding hydrogens is 274 g/mol. The largest absolute Gasteiger partial charge is 0.478 e. The first-order valence-corrected chi connectivity index (χ1v) is 7.66. The van der Waals surface area contributed by atoms with Gasteiger partial charge in [-0.25, -0.2) is 4.79 Å². The summed E-state index contributed by atoms with van der Waals surface area (Å²) in [5, 5.41) is 9.80. The van der Waals surface area contributed by atoms with Crippen molar-refractivity contribution in [1.82, 2.24) is 0 Å². The van der Waals surface area contributed by atoms with Crippen LogP contribution in [-0.4, -0.2) is 24.2 Å². The molecule has 0 radical (unpaired) electrons. The van der Waals surface area contributed by atoms with E-state index in [-0.39, 0.29) is 5.56 Å². The lowest BCUT2D eigenvalue weighted by Gasteiger charge is -2.36. The topological polar surface area (TPSA) is 40.5 Å². The lowest BCUT2D eigenvalue weighted by Crippen LogP contribution is -2.36. The number of nitrogens with zero attached hydrogens (tertiary/aromatic N) is 1. The highest BCUT2D eigenvalue weighted by Crippen LogP contribution is 2.33. The smallest absolute Gasteiger partial charge is 0.337 e. The minimum absolute atomic E-state index is 0.289. The van der Waals surface area contributed by atoms with Crippen molar-refractivity contribution in [1.29, 1.82) is 0 Å². The van der Waals surface area contributed by atoms with Gasteiger partial charge in [-0.3, -0.25) is 0 Å². The Labute approximate surface area is 125 Å². The zero-order chi connectivity index (χ0) is 14.7. The summed E-state index contributed by atoms with van der Waals surface area (Å²) in [6.45, 7) is 2.25. The molecule has 1 N–H and O–H groups in total. The lowest BCUT2D eigenvalue weighted by molar-refractivity contribution is 0.0697. The van der Waals surface area contributed by atoms with Crippen LogP contribution in [-0.2, 0) is 0 Å². The summed E-state index contributed by atoms with van der Waals surface area (Å²) in [6.07, 6.45) is 5.99. The molecular formula is C16H22ClNO2. The predicted octanol–water partition coefficient (Wildman–Crippen LogP) is 4.44. The van der Waals surface area contributed by atoms with E-state index < -0.39 is 5.97 Å². The first-order valence-electron chi connectivity index (χ1n) is 7.28. The van der Waals surface area contributed by atoms with Crippen LogP contribution in [0.25, 0.3) is 0 Å². The van der Waals surface area contributed by atoms with Gasteiger partial charge in [-0.15, -0.1) is 0 Å². The maximum Gasteiger partial charge on any atom is 0.337 e. The van der Waals surface area contributed by atoms with Crippen molar-refractivity contribution in [3.05, 3.63) is 28.8 Å². The Balaban J connectivity index is 2.17. The first-order chi connectivity index (χ1) is 9.52. The molecule has 0 aliphatic heterocycles. The Bertz CT molecular complexity index is 481. The van der Waals surface area contributed by atoms with Crippen molar-refractivity contribution < 1.29 is 9.90 Å². The SMILES string of the molecule is CCC1CCC(N(C)c2ccc(Cl)cc2C(=O)O)CC1. The van der Waals surface area contributed by atoms with Crippen molar-refractivity contribution in [2.24, 2.45) is 5.92 Å². The maximum atomic E-state index is 11.4. The molecule has 0 amide bonds. The van der Waals surface area contributed by atoms with Crippen molar-refractivity contribution in [3.8, 4) is 0 Å². The first kappa shape index (κ1) is 15.2. The fraction of sp³-hybridized carbons (Fsp3) is 0.562. The molecule has 1 saturated carbocycles. The van der Waals surface area contributed by atoms with E-state index in [0.29, 0.717) is 11.1 Å². The average Bonchev–Trinajstić information content (AvgIpc) is 2.46. The van der Waals surface area contributed by atoms with Gasteiger partial charge >= 0.3 is 5.97 Å². The van der Waals surface area contributed by atoms with E-state index in [1.807, 2.05) is 13.1 Å². The van der Waals surface area contributed by atoms with Gasteiger partial charge in [-0.05, 0) is 49.8 Å². The fourth-order valence-electron chi connectivity index (χ4n) is 3.12. The van der Waals surface area contributed by atoms with E-state index >= 15 is 0 Å². The van der Waals surface area contributed by atoms with Gasteiger partial charge in [0.2, 0.25) is 0 Å². The van der Waals surface area contributed by atoms with Crippen LogP contribution < -0.4 is 4.90 Å². The number of carboxylic acid groups (broad SMARTS) is 1. The van der Waals surface area contributed by atoms with Crippen molar-refractivity contribution in [3.63, 3.8) is 0 Å². The zero-order valence-electron chi connectivity index (χ0n) is 12.1. The van der Waals surface area contributed by atoms with E-state index in [0.717, 1.165) is 24.4 Å². The molecule has 1 fully saturated rings. The van der Waals surface area contributed by atoms with Crippen molar-refractivity contribution in [2.45, 2.75) is 45.1 Å². The average molecular weight is 296 g/mol. The van der Waals surface area contributed by atoms with Gasteiger partial charge in [0.25, 0.3) is 0 Å². The summed E-state index contributed by atoms with van der Waals surface area (Å²) < 4.78 is 0. The summed E-state index contributed by atoms with van der Waals surface area (Å²) >= 11 is 5.91. The van der Waals surface area contributed by atoms with Gasteiger partial charge in [0.1, 0.15) is 0 Å². The van der Waals surface area contributed by atoms with Crippen LogP contribution in [0.4, 0.5) is 5.69 Å². The second kappa shape index (κ2) is 6.49. The summed E-state index contributed by atoms with van der Waals surface area (Å²) in [5.41, 5.74) is 1.06. The molecule has 0 atom stereocenters. The van der Waals surface area contributed by atoms with E-state index in [9.17, 15) is 9.90 Å². The maximum absolute atomic E-state index is 11.4. The van der Waals surface area contributed by atoms with Crippen molar-refractivity contribution >= 4 is 23.3 Å². The Kier molecular flexibility index (Phi) is 4.92. The van der Waals surface area contributed by atoms with Crippen LogP contribution >= 0.6 is 11.6 Å². The number of rotatable bonds is 4. The predicted molar refractivity (Wildman–Crippen MR) is 82.9 cm³/mol. The Morgan fingerprint density at radius 3 is 2.55 bits per heavy atom. The molecule has 0 heterocycles. The van der Waals surface area contributed by atoms with Crippen LogP contribution in [0.5, 0.6) is 0 Å². The molecule has 0 saturated heterocycles. The van der Waals surface area contributed by atoms with E-state index in [4.69, 9.17) is 11.6 Å². The fourth-order valence-corrected chi connectivity index (χ4v) is 3.30. The van der Waals surface area contributed by atoms with Crippen molar-refractivity contribution in [2.75, 3.05) is 11.9 Å². The van der Waals surface area contributed by atoms with E-state index in [1.165, 1.54) is 25.3 Å². The molecule has 20 heavy (non-hydrogen) atoms. The van der Waals surface area contributed by atoms with Crippen LogP contribution in [0.3, 0.4) is 0 Å². The minimum Gasteiger partial charge on any atom is -0.478 e. The molecule has 1 aromatic carbocycles. The van der Waals surface area contributed by atoms with E-state index in [1.54, 1.807) is 6.07 Å². The highest BCUT2D eigenvalue weighted by molar-refractivity contribution is 6.31. The number of benzene rings is 1. The summed E-state index contributed by atoms with van der Waals surface area (Å²) in [5.74, 6) is -0.0830. The highest BCUT2D eigenvalue weighted by Gasteiger charge is 2.25. The van der Waals surface area contributed by atoms with E-state index in [2.05, 4.69) is 11.8 Å². The summed E-state index contributed by atoms with van der Waals surface area (Å²) in [7, 11) is 1.99. The Morgan fingerprint density at radius 1 is 1.35 bits per heavy atom.